The summed E-state index contributed by atoms with van der Waals surface area (Å²) in [6.07, 6.45) is -1.33. The van der Waals surface area contributed by atoms with Crippen molar-refractivity contribution in [2.24, 2.45) is 10.7 Å². The molecule has 0 saturated carbocycles. The zero-order valence-corrected chi connectivity index (χ0v) is 8.71. The Morgan fingerprint density at radius 1 is 1.53 bits per heavy atom. The van der Waals surface area contributed by atoms with Crippen LogP contribution in [-0.4, -0.2) is 31.6 Å². The third kappa shape index (κ3) is 8.14. The van der Waals surface area contributed by atoms with Crippen LogP contribution in [0.2, 0.25) is 0 Å². The van der Waals surface area contributed by atoms with Crippen molar-refractivity contribution in [3.63, 3.8) is 0 Å². The predicted molar refractivity (Wildman–Crippen MR) is 52.8 cm³/mol. The molecule has 0 aromatic carbocycles. The molecule has 6 heteroatoms. The monoisotopic (exact) mass is 224 g/mol. The van der Waals surface area contributed by atoms with E-state index in [0.717, 1.165) is 0 Å². The van der Waals surface area contributed by atoms with Gasteiger partial charge in [-0.2, -0.15) is 13.2 Å². The maximum atomic E-state index is 11.6. The average Bonchev–Trinajstić information content (AvgIpc) is 2.08. The summed E-state index contributed by atoms with van der Waals surface area (Å²) in [5.74, 6) is 0. The van der Waals surface area contributed by atoms with E-state index in [9.17, 15) is 13.2 Å². The topological polar surface area (TPSA) is 47.6 Å². The number of ether oxygens (including phenoxy) is 1. The van der Waals surface area contributed by atoms with Gasteiger partial charge in [-0.25, -0.2) is 0 Å². The van der Waals surface area contributed by atoms with Crippen LogP contribution in [0.25, 0.3) is 0 Å². The van der Waals surface area contributed by atoms with Crippen molar-refractivity contribution in [2.45, 2.75) is 26.1 Å². The minimum Gasteiger partial charge on any atom is -0.366 e. The van der Waals surface area contributed by atoms with E-state index in [4.69, 9.17) is 5.73 Å². The molecule has 0 rings (SSSR count). The Balaban J connectivity index is 3.81. The lowest BCUT2D eigenvalue weighted by molar-refractivity contribution is -0.169. The SMILES string of the molecule is C/C=C(\N=C/COCC(F)(F)F)C(C)N. The van der Waals surface area contributed by atoms with E-state index in [1.54, 1.807) is 19.9 Å². The maximum Gasteiger partial charge on any atom is 0.411 e. The first-order valence-corrected chi connectivity index (χ1v) is 4.45. The second-order valence-corrected chi connectivity index (χ2v) is 2.94. The standard InChI is InChI=1S/C9H15F3N2O/c1-3-8(7(2)13)14-4-5-15-6-9(10,11)12/h3-4,7H,5-6,13H2,1-2H3/b8-3-,14-4-. The molecule has 88 valence electrons. The van der Waals surface area contributed by atoms with Crippen molar-refractivity contribution in [3.05, 3.63) is 11.8 Å². The summed E-state index contributed by atoms with van der Waals surface area (Å²) in [6, 6.07) is -0.242. The molecule has 0 aliphatic carbocycles. The Kier molecular flexibility index (Phi) is 6.19. The van der Waals surface area contributed by atoms with Crippen LogP contribution in [0.3, 0.4) is 0 Å². The highest BCUT2D eigenvalue weighted by molar-refractivity contribution is 5.60. The molecule has 1 unspecified atom stereocenters. The molecule has 1 atom stereocenters. The molecule has 0 saturated heterocycles. The van der Waals surface area contributed by atoms with E-state index >= 15 is 0 Å². The van der Waals surface area contributed by atoms with Crippen LogP contribution < -0.4 is 5.73 Å². The number of hydrogen-bond donors (Lipinski definition) is 1. The highest BCUT2D eigenvalue weighted by Gasteiger charge is 2.26. The van der Waals surface area contributed by atoms with Gasteiger partial charge in [-0.15, -0.1) is 0 Å². The van der Waals surface area contributed by atoms with Crippen molar-refractivity contribution >= 4 is 6.21 Å². The fourth-order valence-electron chi connectivity index (χ4n) is 0.825. The molecule has 0 amide bonds. The lowest BCUT2D eigenvalue weighted by atomic mass is 10.2. The molecule has 0 aliphatic heterocycles. The highest BCUT2D eigenvalue weighted by atomic mass is 19.4. The van der Waals surface area contributed by atoms with Crippen molar-refractivity contribution in [1.82, 2.24) is 0 Å². The van der Waals surface area contributed by atoms with Crippen LogP contribution >= 0.6 is 0 Å². The van der Waals surface area contributed by atoms with Crippen molar-refractivity contribution < 1.29 is 17.9 Å². The van der Waals surface area contributed by atoms with Crippen LogP contribution in [0, 0.1) is 0 Å². The van der Waals surface area contributed by atoms with Crippen molar-refractivity contribution in [1.29, 1.82) is 0 Å². The Hall–Kier alpha value is -0.880. The number of rotatable bonds is 5. The fourth-order valence-corrected chi connectivity index (χ4v) is 0.825. The summed E-state index contributed by atoms with van der Waals surface area (Å²) in [7, 11) is 0. The molecule has 3 nitrogen and oxygen atoms in total. The van der Waals surface area contributed by atoms with Crippen molar-refractivity contribution in [3.8, 4) is 0 Å². The van der Waals surface area contributed by atoms with Gasteiger partial charge in [0.2, 0.25) is 0 Å². The molecule has 0 spiro atoms. The molecular formula is C9H15F3N2O. The molecular weight excluding hydrogens is 209 g/mol. The number of aliphatic imine (C=N–C) groups is 1. The van der Waals surface area contributed by atoms with Crippen LogP contribution in [0.4, 0.5) is 13.2 Å². The smallest absolute Gasteiger partial charge is 0.366 e. The van der Waals surface area contributed by atoms with Gasteiger partial charge >= 0.3 is 6.18 Å². The van der Waals surface area contributed by atoms with Gasteiger partial charge in [-0.3, -0.25) is 4.99 Å². The normalized spacial score (nSPS) is 16.0. The first kappa shape index (κ1) is 14.1. The Bertz CT molecular complexity index is 234. The molecule has 0 aromatic heterocycles. The minimum atomic E-state index is -4.29. The predicted octanol–water partition coefficient (Wildman–Crippen LogP) is 1.89. The van der Waals surface area contributed by atoms with Crippen LogP contribution in [0.5, 0.6) is 0 Å². The summed E-state index contributed by atoms with van der Waals surface area (Å²) in [6.45, 7) is 2.06. The van der Waals surface area contributed by atoms with Gasteiger partial charge in [-0.05, 0) is 13.8 Å². The van der Waals surface area contributed by atoms with Crippen molar-refractivity contribution in [2.75, 3.05) is 13.2 Å². The lowest BCUT2D eigenvalue weighted by Gasteiger charge is -2.06. The largest absolute Gasteiger partial charge is 0.411 e. The highest BCUT2D eigenvalue weighted by Crippen LogP contribution is 2.13. The summed E-state index contributed by atoms with van der Waals surface area (Å²) in [4.78, 5) is 3.88. The van der Waals surface area contributed by atoms with E-state index in [-0.39, 0.29) is 12.6 Å². The van der Waals surface area contributed by atoms with E-state index in [0.29, 0.717) is 5.70 Å². The van der Waals surface area contributed by atoms with E-state index in [2.05, 4.69) is 9.73 Å². The number of hydrogen-bond acceptors (Lipinski definition) is 3. The Morgan fingerprint density at radius 2 is 2.13 bits per heavy atom. The van der Waals surface area contributed by atoms with E-state index < -0.39 is 12.8 Å². The fraction of sp³-hybridized carbons (Fsp3) is 0.667. The van der Waals surface area contributed by atoms with Gasteiger partial charge in [0, 0.05) is 12.3 Å². The third-order valence-corrected chi connectivity index (χ3v) is 1.46. The number of allylic oxidation sites excluding steroid dienone is 1. The van der Waals surface area contributed by atoms with Gasteiger partial charge in [0.1, 0.15) is 6.61 Å². The van der Waals surface area contributed by atoms with E-state index in [1.807, 2.05) is 0 Å². The van der Waals surface area contributed by atoms with Gasteiger partial charge in [0.25, 0.3) is 0 Å². The molecule has 0 fully saturated rings. The summed E-state index contributed by atoms with van der Waals surface area (Å²) in [5.41, 5.74) is 6.14. The molecule has 0 aliphatic rings. The van der Waals surface area contributed by atoms with Gasteiger partial charge in [-0.1, -0.05) is 6.08 Å². The maximum absolute atomic E-state index is 11.6. The molecule has 0 heterocycles. The molecule has 0 radical (unpaired) electrons. The minimum absolute atomic E-state index is 0.177. The summed E-state index contributed by atoms with van der Waals surface area (Å²) in [5, 5.41) is 0. The number of nitrogens with zero attached hydrogens (tertiary/aromatic N) is 1. The number of halogens is 3. The zero-order valence-electron chi connectivity index (χ0n) is 8.71. The van der Waals surface area contributed by atoms with Gasteiger partial charge in [0.05, 0.1) is 12.3 Å². The lowest BCUT2D eigenvalue weighted by Crippen LogP contribution is -2.18. The first-order chi connectivity index (χ1) is 6.87. The van der Waals surface area contributed by atoms with Gasteiger partial charge in [0.15, 0.2) is 0 Å². The molecule has 0 aromatic rings. The number of nitrogens with two attached hydrogens (primary N) is 1. The third-order valence-electron chi connectivity index (χ3n) is 1.46. The Labute approximate surface area is 86.8 Å². The van der Waals surface area contributed by atoms with Crippen LogP contribution in [0.1, 0.15) is 13.8 Å². The summed E-state index contributed by atoms with van der Waals surface area (Å²) >= 11 is 0. The first-order valence-electron chi connectivity index (χ1n) is 4.45. The zero-order chi connectivity index (χ0) is 11.9. The molecule has 15 heavy (non-hydrogen) atoms. The molecule has 2 N–H and O–H groups in total. The quantitative estimate of drug-likeness (QED) is 0.572. The van der Waals surface area contributed by atoms with E-state index in [1.165, 1.54) is 6.21 Å². The van der Waals surface area contributed by atoms with Crippen LogP contribution in [-0.2, 0) is 4.74 Å². The second-order valence-electron chi connectivity index (χ2n) is 2.94. The van der Waals surface area contributed by atoms with Gasteiger partial charge < -0.3 is 10.5 Å². The summed E-state index contributed by atoms with van der Waals surface area (Å²) < 4.78 is 39.2. The molecule has 0 bridgehead atoms. The Morgan fingerprint density at radius 3 is 2.53 bits per heavy atom. The average molecular weight is 224 g/mol. The number of alkyl halides is 3. The van der Waals surface area contributed by atoms with Crippen LogP contribution in [0.15, 0.2) is 16.8 Å². The second kappa shape index (κ2) is 6.58.